The number of fused-ring (bicyclic) bond motifs is 2. The lowest BCUT2D eigenvalue weighted by Gasteiger charge is -2.05. The van der Waals surface area contributed by atoms with Gasteiger partial charge >= 0.3 is 0 Å². The lowest BCUT2D eigenvalue weighted by Crippen LogP contribution is -2.25. The first-order valence-corrected chi connectivity index (χ1v) is 9.68. The number of aromatic nitrogens is 4. The van der Waals surface area contributed by atoms with E-state index in [0.29, 0.717) is 22.4 Å². The van der Waals surface area contributed by atoms with Crippen molar-refractivity contribution in [2.75, 3.05) is 0 Å². The molecule has 8 nitrogen and oxygen atoms in total. The van der Waals surface area contributed by atoms with Gasteiger partial charge in [0, 0.05) is 17.0 Å². The van der Waals surface area contributed by atoms with Crippen LogP contribution in [0.25, 0.3) is 27.9 Å². The van der Waals surface area contributed by atoms with E-state index in [4.69, 9.17) is 4.42 Å². The summed E-state index contributed by atoms with van der Waals surface area (Å²) in [6.45, 7) is 0.0800. The molecule has 4 heterocycles. The van der Waals surface area contributed by atoms with Crippen LogP contribution in [0.3, 0.4) is 0 Å². The zero-order valence-electron chi connectivity index (χ0n) is 14.9. The lowest BCUT2D eigenvalue weighted by atomic mass is 10.2. The summed E-state index contributed by atoms with van der Waals surface area (Å²) >= 11 is 1.59. The molecule has 5 aromatic rings. The Kier molecular flexibility index (Phi) is 4.14. The summed E-state index contributed by atoms with van der Waals surface area (Å²) in [5, 5.41) is 19.8. The molecule has 0 atom stereocenters. The number of rotatable bonds is 4. The fourth-order valence-corrected chi connectivity index (χ4v) is 3.62. The van der Waals surface area contributed by atoms with Crippen LogP contribution in [0, 0.1) is 0 Å². The first-order chi connectivity index (χ1) is 14.2. The molecule has 1 N–H and O–H groups in total. The molecule has 0 aliphatic heterocycles. The van der Waals surface area contributed by atoms with Gasteiger partial charge in [-0.2, -0.15) is 21.0 Å². The number of hydrogen-bond donors (Lipinski definition) is 1. The average molecular weight is 403 g/mol. The predicted molar refractivity (Wildman–Crippen MR) is 108 cm³/mol. The van der Waals surface area contributed by atoms with Crippen LogP contribution >= 0.6 is 11.3 Å². The molecule has 5 rings (SSSR count). The van der Waals surface area contributed by atoms with Gasteiger partial charge in [-0.15, -0.1) is 10.2 Å². The van der Waals surface area contributed by atoms with E-state index >= 15 is 0 Å². The van der Waals surface area contributed by atoms with Crippen molar-refractivity contribution in [3.63, 3.8) is 0 Å². The summed E-state index contributed by atoms with van der Waals surface area (Å²) in [7, 11) is 0. The van der Waals surface area contributed by atoms with Crippen LogP contribution in [0.2, 0.25) is 0 Å². The fourth-order valence-electron chi connectivity index (χ4n) is 2.97. The summed E-state index contributed by atoms with van der Waals surface area (Å²) in [6, 6.07) is 13.6. The van der Waals surface area contributed by atoms with Crippen molar-refractivity contribution in [3.05, 3.63) is 81.1 Å². The van der Waals surface area contributed by atoms with Crippen molar-refractivity contribution in [2.45, 2.75) is 6.54 Å². The second kappa shape index (κ2) is 6.95. The Balaban J connectivity index is 1.41. The van der Waals surface area contributed by atoms with Gasteiger partial charge in [0.05, 0.1) is 17.6 Å². The fraction of sp³-hybridized carbons (Fsp3) is 0.0500. The Morgan fingerprint density at radius 2 is 2.03 bits per heavy atom. The van der Waals surface area contributed by atoms with Gasteiger partial charge in [-0.05, 0) is 35.7 Å². The Hall–Kier alpha value is -3.85. The number of carbonyl (C=O) groups is 1. The third kappa shape index (κ3) is 3.17. The monoisotopic (exact) mass is 403 g/mol. The standard InChI is InChI=1S/C20H13N5O3S/c26-15-9-17(28-16-4-2-1-3-13(15)16)20(27)21-10-19-23-22-18-6-5-14(24-25(18)19)12-7-8-29-11-12/h1-9,11H,10H2,(H,21,27). The van der Waals surface area contributed by atoms with Crippen LogP contribution in [-0.4, -0.2) is 25.7 Å². The number of nitrogens with one attached hydrogen (secondary N) is 1. The van der Waals surface area contributed by atoms with Crippen LogP contribution < -0.4 is 10.7 Å². The first kappa shape index (κ1) is 17.3. The first-order valence-electron chi connectivity index (χ1n) is 8.74. The third-order valence-corrected chi connectivity index (χ3v) is 5.09. The average Bonchev–Trinajstić information content (AvgIpc) is 3.41. The van der Waals surface area contributed by atoms with E-state index < -0.39 is 5.91 Å². The highest BCUT2D eigenvalue weighted by Crippen LogP contribution is 2.20. The number of para-hydroxylation sites is 1. The summed E-state index contributed by atoms with van der Waals surface area (Å²) in [6.07, 6.45) is 0. The number of nitrogens with zero attached hydrogens (tertiary/aromatic N) is 4. The zero-order chi connectivity index (χ0) is 19.8. The molecule has 0 fully saturated rings. The van der Waals surface area contributed by atoms with E-state index in [-0.39, 0.29) is 17.7 Å². The van der Waals surface area contributed by atoms with E-state index in [9.17, 15) is 9.59 Å². The van der Waals surface area contributed by atoms with E-state index in [2.05, 4.69) is 20.6 Å². The van der Waals surface area contributed by atoms with Crippen LogP contribution in [0.1, 0.15) is 16.4 Å². The molecule has 142 valence electrons. The summed E-state index contributed by atoms with van der Waals surface area (Å²) in [4.78, 5) is 24.7. The zero-order valence-corrected chi connectivity index (χ0v) is 15.7. The SMILES string of the molecule is O=C(NCc1nnc2ccc(-c3ccsc3)nn12)c1cc(=O)c2ccccc2o1. The van der Waals surface area contributed by atoms with Gasteiger partial charge in [-0.25, -0.2) is 0 Å². The smallest absolute Gasteiger partial charge is 0.287 e. The highest BCUT2D eigenvalue weighted by Gasteiger charge is 2.14. The highest BCUT2D eigenvalue weighted by atomic mass is 32.1. The Morgan fingerprint density at radius 3 is 2.90 bits per heavy atom. The molecule has 0 aliphatic rings. The second-order valence-electron chi connectivity index (χ2n) is 6.27. The molecule has 1 aromatic carbocycles. The topological polar surface area (TPSA) is 102 Å². The van der Waals surface area contributed by atoms with Crippen LogP contribution in [0.15, 0.2) is 68.5 Å². The van der Waals surface area contributed by atoms with Crippen molar-refractivity contribution < 1.29 is 9.21 Å². The summed E-state index contributed by atoms with van der Waals surface area (Å²) < 4.78 is 7.15. The normalized spacial score (nSPS) is 11.2. The van der Waals surface area contributed by atoms with Crippen molar-refractivity contribution >= 4 is 33.9 Å². The second-order valence-corrected chi connectivity index (χ2v) is 7.05. The van der Waals surface area contributed by atoms with Crippen molar-refractivity contribution in [2.24, 2.45) is 0 Å². The molecule has 0 spiro atoms. The van der Waals surface area contributed by atoms with Gasteiger partial charge in [-0.3, -0.25) is 9.59 Å². The minimum absolute atomic E-state index is 0.0607. The molecule has 9 heteroatoms. The Morgan fingerprint density at radius 1 is 1.14 bits per heavy atom. The largest absolute Gasteiger partial charge is 0.451 e. The van der Waals surface area contributed by atoms with Gasteiger partial charge in [0.15, 0.2) is 22.7 Å². The molecule has 0 aliphatic carbocycles. The molecule has 0 bridgehead atoms. The number of benzene rings is 1. The van der Waals surface area contributed by atoms with Crippen molar-refractivity contribution in [1.29, 1.82) is 0 Å². The van der Waals surface area contributed by atoms with Crippen molar-refractivity contribution in [3.8, 4) is 11.3 Å². The number of hydrogen-bond acceptors (Lipinski definition) is 7. The molecular weight excluding hydrogens is 390 g/mol. The van der Waals surface area contributed by atoms with Crippen LogP contribution in [0.4, 0.5) is 0 Å². The van der Waals surface area contributed by atoms with E-state index in [1.165, 1.54) is 6.07 Å². The van der Waals surface area contributed by atoms with E-state index in [1.807, 2.05) is 29.0 Å². The number of carbonyl (C=O) groups excluding carboxylic acids is 1. The quantitative estimate of drug-likeness (QED) is 0.495. The minimum atomic E-state index is -0.515. The van der Waals surface area contributed by atoms with Gasteiger partial charge in [0.1, 0.15) is 5.58 Å². The highest BCUT2D eigenvalue weighted by molar-refractivity contribution is 7.08. The molecule has 0 radical (unpaired) electrons. The molecule has 0 unspecified atom stereocenters. The molecule has 1 amide bonds. The minimum Gasteiger partial charge on any atom is -0.451 e. The van der Waals surface area contributed by atoms with Crippen LogP contribution in [0.5, 0.6) is 0 Å². The Labute approximate surface area is 167 Å². The number of amides is 1. The van der Waals surface area contributed by atoms with Crippen molar-refractivity contribution in [1.82, 2.24) is 25.1 Å². The number of thiophene rings is 1. The maximum absolute atomic E-state index is 12.5. The van der Waals surface area contributed by atoms with E-state index in [0.717, 1.165) is 11.3 Å². The summed E-state index contributed by atoms with van der Waals surface area (Å²) in [5.41, 5.74) is 2.45. The molecule has 4 aromatic heterocycles. The lowest BCUT2D eigenvalue weighted by molar-refractivity contribution is 0.0922. The molecular formula is C20H13N5O3S. The van der Waals surface area contributed by atoms with Gasteiger partial charge in [-0.1, -0.05) is 12.1 Å². The maximum atomic E-state index is 12.5. The van der Waals surface area contributed by atoms with Gasteiger partial charge < -0.3 is 9.73 Å². The van der Waals surface area contributed by atoms with E-state index in [1.54, 1.807) is 40.1 Å². The predicted octanol–water partition coefficient (Wildman–Crippen LogP) is 2.89. The third-order valence-electron chi connectivity index (χ3n) is 4.41. The van der Waals surface area contributed by atoms with Crippen LogP contribution in [-0.2, 0) is 6.54 Å². The van der Waals surface area contributed by atoms with Gasteiger partial charge in [0.25, 0.3) is 5.91 Å². The van der Waals surface area contributed by atoms with Gasteiger partial charge in [0.2, 0.25) is 0 Å². The molecule has 29 heavy (non-hydrogen) atoms. The maximum Gasteiger partial charge on any atom is 0.287 e. The molecule has 0 saturated heterocycles. The summed E-state index contributed by atoms with van der Waals surface area (Å²) in [5.74, 6) is -0.110. The molecule has 0 saturated carbocycles. The Bertz CT molecular complexity index is 1400.